The van der Waals surface area contributed by atoms with Gasteiger partial charge in [0.25, 0.3) is 11.5 Å². The SMILES string of the molecule is Cc1cc(=O)[nH]c([C@@H]2CN(C(=O)c3ccc(F)c(Cl)c3)CCO2)n1. The van der Waals surface area contributed by atoms with Gasteiger partial charge >= 0.3 is 0 Å². The molecule has 0 saturated carbocycles. The highest BCUT2D eigenvalue weighted by atomic mass is 35.5. The van der Waals surface area contributed by atoms with Crippen molar-refractivity contribution in [2.75, 3.05) is 19.7 Å². The molecule has 126 valence electrons. The number of morpholine rings is 1. The van der Waals surface area contributed by atoms with Gasteiger partial charge in [0.05, 0.1) is 18.2 Å². The zero-order chi connectivity index (χ0) is 17.3. The van der Waals surface area contributed by atoms with Crippen molar-refractivity contribution in [3.8, 4) is 0 Å². The molecule has 8 heteroatoms. The summed E-state index contributed by atoms with van der Waals surface area (Å²) in [7, 11) is 0. The summed E-state index contributed by atoms with van der Waals surface area (Å²) in [5.74, 6) is -0.468. The lowest BCUT2D eigenvalue weighted by atomic mass is 10.1. The molecule has 1 aromatic heterocycles. The lowest BCUT2D eigenvalue weighted by Crippen LogP contribution is -2.43. The van der Waals surface area contributed by atoms with Crippen molar-refractivity contribution in [2.24, 2.45) is 0 Å². The molecule has 1 atom stereocenters. The fourth-order valence-corrected chi connectivity index (χ4v) is 2.75. The number of ether oxygens (including phenoxy) is 1. The summed E-state index contributed by atoms with van der Waals surface area (Å²) in [6.45, 7) is 2.65. The number of amides is 1. The van der Waals surface area contributed by atoms with E-state index in [9.17, 15) is 14.0 Å². The van der Waals surface area contributed by atoms with Gasteiger partial charge in [0.1, 0.15) is 17.7 Å². The highest BCUT2D eigenvalue weighted by Crippen LogP contribution is 2.22. The predicted molar refractivity (Wildman–Crippen MR) is 85.6 cm³/mol. The van der Waals surface area contributed by atoms with Gasteiger partial charge in [-0.1, -0.05) is 11.6 Å². The third kappa shape index (κ3) is 3.47. The average Bonchev–Trinajstić information content (AvgIpc) is 2.56. The highest BCUT2D eigenvalue weighted by molar-refractivity contribution is 6.31. The molecule has 3 rings (SSSR count). The second kappa shape index (κ2) is 6.70. The maximum absolute atomic E-state index is 13.2. The zero-order valence-corrected chi connectivity index (χ0v) is 13.6. The van der Waals surface area contributed by atoms with Gasteiger partial charge < -0.3 is 14.6 Å². The lowest BCUT2D eigenvalue weighted by molar-refractivity contribution is -0.0269. The molecule has 1 fully saturated rings. The molecule has 1 N–H and O–H groups in total. The van der Waals surface area contributed by atoms with E-state index in [0.29, 0.717) is 30.2 Å². The van der Waals surface area contributed by atoms with E-state index in [2.05, 4.69) is 9.97 Å². The Morgan fingerprint density at radius 2 is 2.25 bits per heavy atom. The Balaban J connectivity index is 1.81. The van der Waals surface area contributed by atoms with Crippen LogP contribution in [0.15, 0.2) is 29.1 Å². The summed E-state index contributed by atoms with van der Waals surface area (Å²) in [6.07, 6.45) is -0.522. The molecular weight excluding hydrogens is 337 g/mol. The van der Waals surface area contributed by atoms with Crippen molar-refractivity contribution < 1.29 is 13.9 Å². The fraction of sp³-hybridized carbons (Fsp3) is 0.312. The van der Waals surface area contributed by atoms with Crippen LogP contribution >= 0.6 is 11.6 Å². The first kappa shape index (κ1) is 16.6. The van der Waals surface area contributed by atoms with E-state index in [1.165, 1.54) is 18.2 Å². The number of carbonyl (C=O) groups excluding carboxylic acids is 1. The van der Waals surface area contributed by atoms with E-state index in [1.807, 2.05) is 0 Å². The number of hydrogen-bond acceptors (Lipinski definition) is 4. The molecule has 1 saturated heterocycles. The Morgan fingerprint density at radius 3 is 2.96 bits per heavy atom. The zero-order valence-electron chi connectivity index (χ0n) is 12.9. The topological polar surface area (TPSA) is 75.3 Å². The third-order valence-corrected chi connectivity index (χ3v) is 4.00. The summed E-state index contributed by atoms with van der Waals surface area (Å²) in [5, 5.41) is -0.102. The normalized spacial score (nSPS) is 17.8. The largest absolute Gasteiger partial charge is 0.367 e. The summed E-state index contributed by atoms with van der Waals surface area (Å²) >= 11 is 5.74. The lowest BCUT2D eigenvalue weighted by Gasteiger charge is -2.32. The minimum atomic E-state index is -0.574. The number of aromatic nitrogens is 2. The third-order valence-electron chi connectivity index (χ3n) is 3.71. The van der Waals surface area contributed by atoms with E-state index >= 15 is 0 Å². The number of aromatic amines is 1. The van der Waals surface area contributed by atoms with Crippen molar-refractivity contribution in [1.82, 2.24) is 14.9 Å². The molecule has 24 heavy (non-hydrogen) atoms. The minimum Gasteiger partial charge on any atom is -0.367 e. The van der Waals surface area contributed by atoms with Gasteiger partial charge in [-0.05, 0) is 25.1 Å². The Hall–Kier alpha value is -2.25. The van der Waals surface area contributed by atoms with Crippen molar-refractivity contribution in [2.45, 2.75) is 13.0 Å². The second-order valence-corrected chi connectivity index (χ2v) is 5.92. The molecule has 1 aromatic carbocycles. The fourth-order valence-electron chi connectivity index (χ4n) is 2.57. The van der Waals surface area contributed by atoms with E-state index in [0.717, 1.165) is 6.07 Å². The van der Waals surface area contributed by atoms with Gasteiger partial charge in [0.2, 0.25) is 0 Å². The number of benzene rings is 1. The number of rotatable bonds is 2. The van der Waals surface area contributed by atoms with E-state index in [4.69, 9.17) is 16.3 Å². The molecule has 1 aliphatic heterocycles. The number of H-pyrrole nitrogens is 1. The highest BCUT2D eigenvalue weighted by Gasteiger charge is 2.28. The van der Waals surface area contributed by atoms with Crippen LogP contribution in [-0.2, 0) is 4.74 Å². The summed E-state index contributed by atoms with van der Waals surface area (Å²) < 4.78 is 18.9. The Kier molecular flexibility index (Phi) is 4.64. The Labute approximate surface area is 142 Å². The van der Waals surface area contributed by atoms with Crippen molar-refractivity contribution in [1.29, 1.82) is 0 Å². The molecule has 0 unspecified atom stereocenters. The summed E-state index contributed by atoms with van der Waals surface area (Å²) in [6, 6.07) is 5.24. The molecule has 0 aliphatic carbocycles. The van der Waals surface area contributed by atoms with Crippen LogP contribution in [0.25, 0.3) is 0 Å². The summed E-state index contributed by atoms with van der Waals surface area (Å²) in [4.78, 5) is 32.6. The van der Waals surface area contributed by atoms with Gasteiger partial charge in [-0.15, -0.1) is 0 Å². The van der Waals surface area contributed by atoms with Crippen LogP contribution in [0.1, 0.15) is 28.0 Å². The first-order valence-corrected chi connectivity index (χ1v) is 7.75. The molecule has 1 amide bonds. The number of halogens is 2. The smallest absolute Gasteiger partial charge is 0.254 e. The Morgan fingerprint density at radius 1 is 1.46 bits per heavy atom. The molecule has 1 aliphatic rings. The second-order valence-electron chi connectivity index (χ2n) is 5.51. The van der Waals surface area contributed by atoms with Crippen LogP contribution in [-0.4, -0.2) is 40.5 Å². The predicted octanol–water partition coefficient (Wildman–Crippen LogP) is 2.08. The molecule has 2 heterocycles. The van der Waals surface area contributed by atoms with Gasteiger partial charge in [-0.2, -0.15) is 0 Å². The molecule has 0 spiro atoms. The molecule has 0 bridgehead atoms. The quantitative estimate of drug-likeness (QED) is 0.899. The summed E-state index contributed by atoms with van der Waals surface area (Å²) in [5.41, 5.74) is 0.605. The van der Waals surface area contributed by atoms with E-state index < -0.39 is 11.9 Å². The average molecular weight is 352 g/mol. The monoisotopic (exact) mass is 351 g/mol. The van der Waals surface area contributed by atoms with Gasteiger partial charge in [-0.25, -0.2) is 9.37 Å². The number of nitrogens with zero attached hydrogens (tertiary/aromatic N) is 2. The van der Waals surface area contributed by atoms with Gasteiger partial charge in [0, 0.05) is 23.9 Å². The van der Waals surface area contributed by atoms with Crippen LogP contribution in [0.2, 0.25) is 5.02 Å². The van der Waals surface area contributed by atoms with Gasteiger partial charge in [0.15, 0.2) is 0 Å². The van der Waals surface area contributed by atoms with E-state index in [-0.39, 0.29) is 23.0 Å². The standard InChI is InChI=1S/C16H15ClFN3O3/c1-9-6-14(22)20-15(19-9)13-8-21(4-5-24-13)16(23)10-2-3-12(18)11(17)7-10/h2-3,6-7,13H,4-5,8H2,1H3,(H,19,20,22)/t13-/m0/s1. The molecule has 6 nitrogen and oxygen atoms in total. The van der Waals surface area contributed by atoms with Crippen molar-refractivity contribution >= 4 is 17.5 Å². The van der Waals surface area contributed by atoms with Crippen LogP contribution in [0, 0.1) is 12.7 Å². The maximum atomic E-state index is 13.2. The van der Waals surface area contributed by atoms with Crippen LogP contribution < -0.4 is 5.56 Å². The number of nitrogens with one attached hydrogen (secondary N) is 1. The molecule has 0 radical (unpaired) electrons. The maximum Gasteiger partial charge on any atom is 0.254 e. The van der Waals surface area contributed by atoms with E-state index in [1.54, 1.807) is 11.8 Å². The number of aryl methyl sites for hydroxylation is 1. The molecule has 2 aromatic rings. The molecular formula is C16H15ClFN3O3. The first-order chi connectivity index (χ1) is 11.4. The Bertz CT molecular complexity index is 840. The van der Waals surface area contributed by atoms with Crippen molar-refractivity contribution in [3.63, 3.8) is 0 Å². The number of carbonyl (C=O) groups is 1. The first-order valence-electron chi connectivity index (χ1n) is 7.38. The van der Waals surface area contributed by atoms with Crippen molar-refractivity contribution in [3.05, 3.63) is 62.5 Å². The van der Waals surface area contributed by atoms with Crippen LogP contribution in [0.3, 0.4) is 0 Å². The minimum absolute atomic E-state index is 0.102. The van der Waals surface area contributed by atoms with Gasteiger partial charge in [-0.3, -0.25) is 9.59 Å². The van der Waals surface area contributed by atoms with Crippen LogP contribution in [0.5, 0.6) is 0 Å². The van der Waals surface area contributed by atoms with Crippen LogP contribution in [0.4, 0.5) is 4.39 Å². The number of hydrogen-bond donors (Lipinski definition) is 1.